The maximum atomic E-state index is 5.80. The van der Waals surface area contributed by atoms with Crippen molar-refractivity contribution in [2.75, 3.05) is 5.32 Å². The first kappa shape index (κ1) is 17.0. The van der Waals surface area contributed by atoms with E-state index < -0.39 is 0 Å². The van der Waals surface area contributed by atoms with Gasteiger partial charge in [0.05, 0.1) is 24.1 Å². The summed E-state index contributed by atoms with van der Waals surface area (Å²) in [5.41, 5.74) is 3.27. The molecule has 0 atom stereocenters. The van der Waals surface area contributed by atoms with E-state index in [1.807, 2.05) is 42.5 Å². The molecule has 0 radical (unpaired) electrons. The third-order valence-corrected chi connectivity index (χ3v) is 3.90. The summed E-state index contributed by atoms with van der Waals surface area (Å²) in [5, 5.41) is 3.30. The molecule has 0 saturated carbocycles. The lowest BCUT2D eigenvalue weighted by Gasteiger charge is -2.08. The van der Waals surface area contributed by atoms with Gasteiger partial charge in [-0.25, -0.2) is 4.98 Å². The molecule has 0 aliphatic carbocycles. The molecule has 1 aromatic carbocycles. The van der Waals surface area contributed by atoms with Gasteiger partial charge in [0.1, 0.15) is 5.75 Å². The van der Waals surface area contributed by atoms with E-state index in [9.17, 15) is 0 Å². The van der Waals surface area contributed by atoms with Gasteiger partial charge in [0.25, 0.3) is 0 Å². The van der Waals surface area contributed by atoms with Gasteiger partial charge in [-0.3, -0.25) is 4.98 Å². The predicted molar refractivity (Wildman–Crippen MR) is 101 cm³/mol. The molecule has 0 bridgehead atoms. The Kier molecular flexibility index (Phi) is 5.99. The zero-order chi connectivity index (χ0) is 17.3. The molecule has 4 nitrogen and oxygen atoms in total. The smallest absolute Gasteiger partial charge is 0.219 e. The lowest BCUT2D eigenvalue weighted by atomic mass is 10.1. The van der Waals surface area contributed by atoms with E-state index in [0.717, 1.165) is 23.6 Å². The normalized spacial score (nSPS) is 10.4. The topological polar surface area (TPSA) is 47.0 Å². The van der Waals surface area contributed by atoms with Gasteiger partial charge in [-0.1, -0.05) is 31.5 Å². The maximum absolute atomic E-state index is 5.80. The van der Waals surface area contributed by atoms with Crippen molar-refractivity contribution in [3.05, 3.63) is 78.2 Å². The number of hydrogen-bond acceptors (Lipinski definition) is 4. The van der Waals surface area contributed by atoms with Gasteiger partial charge in [-0.2, -0.15) is 0 Å². The van der Waals surface area contributed by atoms with Crippen LogP contribution in [0.5, 0.6) is 11.6 Å². The zero-order valence-electron chi connectivity index (χ0n) is 14.5. The van der Waals surface area contributed by atoms with Crippen LogP contribution in [0.3, 0.4) is 0 Å². The number of hydrogen-bond donors (Lipinski definition) is 1. The standard InChI is InChI=1S/C21H23N3O/c1-2-3-6-17-8-11-20(12-9-17)25-21-13-10-19(16-24-21)23-15-18-7-4-5-14-22-18/h4-5,7-14,16,23H,2-3,6,15H2,1H3. The number of nitrogens with zero attached hydrogens (tertiary/aromatic N) is 2. The van der Waals surface area contributed by atoms with E-state index >= 15 is 0 Å². The summed E-state index contributed by atoms with van der Waals surface area (Å²) in [6, 6.07) is 17.9. The Hall–Kier alpha value is -2.88. The number of nitrogens with one attached hydrogen (secondary N) is 1. The summed E-state index contributed by atoms with van der Waals surface area (Å²) in [6.07, 6.45) is 7.11. The number of anilines is 1. The fourth-order valence-electron chi connectivity index (χ4n) is 2.47. The number of aryl methyl sites for hydroxylation is 1. The van der Waals surface area contributed by atoms with Gasteiger partial charge in [0.15, 0.2) is 0 Å². The Balaban J connectivity index is 1.53. The van der Waals surface area contributed by atoms with E-state index in [1.165, 1.54) is 18.4 Å². The van der Waals surface area contributed by atoms with E-state index in [1.54, 1.807) is 12.4 Å². The molecule has 0 aliphatic heterocycles. The van der Waals surface area contributed by atoms with Crippen LogP contribution < -0.4 is 10.1 Å². The van der Waals surface area contributed by atoms with Crippen LogP contribution in [0.15, 0.2) is 67.0 Å². The van der Waals surface area contributed by atoms with Crippen LogP contribution in [0.4, 0.5) is 5.69 Å². The Morgan fingerprint density at radius 3 is 2.52 bits per heavy atom. The third-order valence-electron chi connectivity index (χ3n) is 3.90. The lowest BCUT2D eigenvalue weighted by Crippen LogP contribution is -2.01. The monoisotopic (exact) mass is 333 g/mol. The highest BCUT2D eigenvalue weighted by molar-refractivity contribution is 5.43. The average molecular weight is 333 g/mol. The minimum Gasteiger partial charge on any atom is -0.439 e. The first-order valence-corrected chi connectivity index (χ1v) is 8.70. The summed E-state index contributed by atoms with van der Waals surface area (Å²) in [6.45, 7) is 2.87. The number of aromatic nitrogens is 2. The molecule has 0 aliphatic rings. The molecule has 0 fully saturated rings. The van der Waals surface area contributed by atoms with Gasteiger partial charge in [0, 0.05) is 12.3 Å². The number of benzene rings is 1. The number of unbranched alkanes of at least 4 members (excludes halogenated alkanes) is 1. The number of pyridine rings is 2. The zero-order valence-corrected chi connectivity index (χ0v) is 14.5. The largest absolute Gasteiger partial charge is 0.439 e. The summed E-state index contributed by atoms with van der Waals surface area (Å²) in [4.78, 5) is 8.64. The Labute approximate surface area is 148 Å². The fourth-order valence-corrected chi connectivity index (χ4v) is 2.47. The Bertz CT molecular complexity index is 755. The highest BCUT2D eigenvalue weighted by atomic mass is 16.5. The molecule has 4 heteroatoms. The van der Waals surface area contributed by atoms with Crippen LogP contribution in [0.1, 0.15) is 31.0 Å². The number of ether oxygens (including phenoxy) is 1. The molecular formula is C21H23N3O. The molecule has 2 heterocycles. The molecule has 0 spiro atoms. The first-order chi connectivity index (χ1) is 12.3. The molecule has 0 unspecified atom stereocenters. The third kappa shape index (κ3) is 5.31. The highest BCUT2D eigenvalue weighted by Crippen LogP contribution is 2.21. The fraction of sp³-hybridized carbons (Fsp3) is 0.238. The van der Waals surface area contributed by atoms with E-state index in [2.05, 4.69) is 34.3 Å². The second kappa shape index (κ2) is 8.83. The van der Waals surface area contributed by atoms with Crippen molar-refractivity contribution in [1.82, 2.24) is 9.97 Å². The second-order valence-electron chi connectivity index (χ2n) is 5.91. The van der Waals surface area contributed by atoms with Crippen LogP contribution in [-0.2, 0) is 13.0 Å². The molecule has 128 valence electrons. The maximum Gasteiger partial charge on any atom is 0.219 e. The summed E-state index contributed by atoms with van der Waals surface area (Å²) in [5.74, 6) is 1.40. The van der Waals surface area contributed by atoms with Crippen molar-refractivity contribution in [2.45, 2.75) is 32.7 Å². The van der Waals surface area contributed by atoms with Crippen LogP contribution in [0, 0.1) is 0 Å². The molecule has 25 heavy (non-hydrogen) atoms. The van der Waals surface area contributed by atoms with E-state index in [0.29, 0.717) is 12.4 Å². The van der Waals surface area contributed by atoms with Crippen LogP contribution in [-0.4, -0.2) is 9.97 Å². The SMILES string of the molecule is CCCCc1ccc(Oc2ccc(NCc3ccccn3)cn2)cc1. The van der Waals surface area contributed by atoms with Gasteiger partial charge in [-0.15, -0.1) is 0 Å². The van der Waals surface area contributed by atoms with Gasteiger partial charge in [-0.05, 0) is 48.7 Å². The summed E-state index contributed by atoms with van der Waals surface area (Å²) in [7, 11) is 0. The van der Waals surface area contributed by atoms with Crippen molar-refractivity contribution >= 4 is 5.69 Å². The number of rotatable bonds is 8. The van der Waals surface area contributed by atoms with Crippen LogP contribution in [0.25, 0.3) is 0 Å². The Morgan fingerprint density at radius 1 is 0.960 bits per heavy atom. The molecule has 3 aromatic rings. The highest BCUT2D eigenvalue weighted by Gasteiger charge is 2.01. The van der Waals surface area contributed by atoms with E-state index in [-0.39, 0.29) is 0 Å². The molecule has 3 rings (SSSR count). The summed E-state index contributed by atoms with van der Waals surface area (Å²) < 4.78 is 5.80. The first-order valence-electron chi connectivity index (χ1n) is 8.70. The van der Waals surface area contributed by atoms with E-state index in [4.69, 9.17) is 4.74 Å². The van der Waals surface area contributed by atoms with Crippen molar-refractivity contribution in [1.29, 1.82) is 0 Å². The molecule has 0 amide bonds. The van der Waals surface area contributed by atoms with Gasteiger partial charge in [0.2, 0.25) is 5.88 Å². The summed E-state index contributed by atoms with van der Waals surface area (Å²) >= 11 is 0. The van der Waals surface area contributed by atoms with Crippen molar-refractivity contribution < 1.29 is 4.74 Å². The Morgan fingerprint density at radius 2 is 1.84 bits per heavy atom. The lowest BCUT2D eigenvalue weighted by molar-refractivity contribution is 0.463. The van der Waals surface area contributed by atoms with Crippen molar-refractivity contribution in [3.8, 4) is 11.6 Å². The average Bonchev–Trinajstić information content (AvgIpc) is 2.68. The molecular weight excluding hydrogens is 310 g/mol. The van der Waals surface area contributed by atoms with Crippen LogP contribution >= 0.6 is 0 Å². The van der Waals surface area contributed by atoms with Crippen LogP contribution in [0.2, 0.25) is 0 Å². The molecule has 1 N–H and O–H groups in total. The van der Waals surface area contributed by atoms with Gasteiger partial charge < -0.3 is 10.1 Å². The molecule has 2 aromatic heterocycles. The molecule has 0 saturated heterocycles. The second-order valence-corrected chi connectivity index (χ2v) is 5.91. The van der Waals surface area contributed by atoms with Crippen molar-refractivity contribution in [2.24, 2.45) is 0 Å². The minimum atomic E-state index is 0.588. The predicted octanol–water partition coefficient (Wildman–Crippen LogP) is 5.22. The van der Waals surface area contributed by atoms with Gasteiger partial charge >= 0.3 is 0 Å². The minimum absolute atomic E-state index is 0.588. The quantitative estimate of drug-likeness (QED) is 0.613. The van der Waals surface area contributed by atoms with Crippen molar-refractivity contribution in [3.63, 3.8) is 0 Å².